The molecule has 284 valence electrons. The van der Waals surface area contributed by atoms with Gasteiger partial charge < -0.3 is 38.6 Å². The summed E-state index contributed by atoms with van der Waals surface area (Å²) >= 11 is 0. The molecule has 12 nitrogen and oxygen atoms in total. The first-order chi connectivity index (χ1) is 26.3. The van der Waals surface area contributed by atoms with Crippen molar-refractivity contribution in [3.8, 4) is 17.0 Å². The molecule has 2 aliphatic heterocycles. The number of hydrogen-bond donors (Lipinski definition) is 1. The molecule has 4 aromatic rings. The van der Waals surface area contributed by atoms with Crippen LogP contribution < -0.4 is 4.74 Å². The number of ether oxygens (including phenoxy) is 3. The zero-order valence-electron chi connectivity index (χ0n) is 30.8. The van der Waals surface area contributed by atoms with Gasteiger partial charge in [-0.25, -0.2) is 9.78 Å². The van der Waals surface area contributed by atoms with Gasteiger partial charge in [0, 0.05) is 57.4 Å². The maximum absolute atomic E-state index is 14.7. The van der Waals surface area contributed by atoms with Crippen LogP contribution in [0.1, 0.15) is 71.0 Å². The highest BCUT2D eigenvalue weighted by Gasteiger charge is 2.43. The van der Waals surface area contributed by atoms with Gasteiger partial charge in [-0.2, -0.15) is 0 Å². The molecule has 0 bridgehead atoms. The van der Waals surface area contributed by atoms with Gasteiger partial charge in [-0.15, -0.1) is 0 Å². The van der Waals surface area contributed by atoms with Crippen molar-refractivity contribution in [3.63, 3.8) is 0 Å². The number of piperazine rings is 1. The Labute approximate surface area is 316 Å². The summed E-state index contributed by atoms with van der Waals surface area (Å²) in [5.41, 5.74) is 2.17. The lowest BCUT2D eigenvalue weighted by atomic mass is 9.80. The Bertz CT molecular complexity index is 1880. The first-order valence-electron chi connectivity index (χ1n) is 19.0. The quantitative estimate of drug-likeness (QED) is 0.193. The Morgan fingerprint density at radius 1 is 0.852 bits per heavy atom. The number of hydrogen-bond acceptors (Lipinski definition) is 8. The standard InChI is InChI=1S/C42H49N5O7/c1-52-29-42(51)21-9-8-15-36(42)47-30-43-37(38(47)32-13-6-3-7-14-32)40(49)46-25-24-45(41(50)54-28-31-11-4-2-5-12-31)27-34(46)20-26-53-35-18-16-33(17-19-35)39(48)44-22-10-23-44/h2-7,11-14,16-19,30,34,36,51H,8-10,15,20-29H2,1H3/t34-,36-,42-/m1/s1. The van der Waals surface area contributed by atoms with E-state index in [-0.39, 0.29) is 50.8 Å². The second kappa shape index (κ2) is 16.9. The summed E-state index contributed by atoms with van der Waals surface area (Å²) in [5.74, 6) is 0.381. The number of aliphatic hydroxyl groups is 1. The zero-order chi connectivity index (χ0) is 37.5. The number of methoxy groups -OCH3 is 1. The van der Waals surface area contributed by atoms with Gasteiger partial charge in [-0.1, -0.05) is 73.5 Å². The molecule has 1 aliphatic carbocycles. The van der Waals surface area contributed by atoms with Gasteiger partial charge in [0.25, 0.3) is 11.8 Å². The molecule has 2 saturated heterocycles. The lowest BCUT2D eigenvalue weighted by Crippen LogP contribution is -2.57. The number of benzene rings is 3. The van der Waals surface area contributed by atoms with Gasteiger partial charge in [0.05, 0.1) is 37.3 Å². The summed E-state index contributed by atoms with van der Waals surface area (Å²) in [6.07, 6.45) is 5.84. The Kier molecular flexibility index (Phi) is 11.6. The molecule has 3 fully saturated rings. The van der Waals surface area contributed by atoms with Crippen LogP contribution in [-0.4, -0.2) is 112 Å². The molecule has 7 rings (SSSR count). The second-order valence-corrected chi connectivity index (χ2v) is 14.5. The summed E-state index contributed by atoms with van der Waals surface area (Å²) in [6, 6.07) is 25.6. The molecule has 3 heterocycles. The molecule has 0 spiro atoms. The summed E-state index contributed by atoms with van der Waals surface area (Å²) < 4.78 is 19.3. The fraction of sp³-hybridized carbons (Fsp3) is 0.429. The number of carbonyl (C=O) groups excluding carboxylic acids is 3. The van der Waals surface area contributed by atoms with Gasteiger partial charge in [-0.3, -0.25) is 9.59 Å². The number of imidazole rings is 1. The van der Waals surface area contributed by atoms with Gasteiger partial charge in [-0.05, 0) is 49.1 Å². The lowest BCUT2D eigenvalue weighted by Gasteiger charge is -2.41. The van der Waals surface area contributed by atoms with E-state index in [1.807, 2.05) is 70.1 Å². The predicted octanol–water partition coefficient (Wildman–Crippen LogP) is 5.82. The molecule has 3 atom stereocenters. The van der Waals surface area contributed by atoms with Crippen molar-refractivity contribution in [1.29, 1.82) is 0 Å². The van der Waals surface area contributed by atoms with Crippen molar-refractivity contribution >= 4 is 17.9 Å². The van der Waals surface area contributed by atoms with Crippen LogP contribution in [0.25, 0.3) is 11.3 Å². The Hall–Kier alpha value is -5.20. The van der Waals surface area contributed by atoms with Crippen molar-refractivity contribution in [1.82, 2.24) is 24.3 Å². The summed E-state index contributed by atoms with van der Waals surface area (Å²) in [6.45, 7) is 2.99. The van der Waals surface area contributed by atoms with Gasteiger partial charge in [0.15, 0.2) is 5.69 Å². The van der Waals surface area contributed by atoms with Crippen LogP contribution in [0.15, 0.2) is 91.3 Å². The number of carbonyl (C=O) groups is 3. The first-order valence-corrected chi connectivity index (χ1v) is 19.0. The molecule has 0 unspecified atom stereocenters. The molecule has 12 heteroatoms. The first kappa shape index (κ1) is 37.1. The normalized spacial score (nSPS) is 21.3. The molecule has 1 aromatic heterocycles. The lowest BCUT2D eigenvalue weighted by molar-refractivity contribution is -0.0893. The van der Waals surface area contributed by atoms with Crippen LogP contribution in [-0.2, 0) is 16.1 Å². The van der Waals surface area contributed by atoms with Crippen LogP contribution in [0, 0.1) is 0 Å². The average molecular weight is 736 g/mol. The van der Waals surface area contributed by atoms with Crippen molar-refractivity contribution in [3.05, 3.63) is 108 Å². The largest absolute Gasteiger partial charge is 0.494 e. The van der Waals surface area contributed by atoms with E-state index < -0.39 is 17.7 Å². The minimum Gasteiger partial charge on any atom is -0.494 e. The molecule has 0 radical (unpaired) electrons. The second-order valence-electron chi connectivity index (χ2n) is 14.5. The zero-order valence-corrected chi connectivity index (χ0v) is 30.8. The minimum atomic E-state index is -1.11. The number of amides is 3. The summed E-state index contributed by atoms with van der Waals surface area (Å²) in [4.78, 5) is 50.7. The smallest absolute Gasteiger partial charge is 0.410 e. The van der Waals surface area contributed by atoms with Crippen molar-refractivity contribution in [2.24, 2.45) is 0 Å². The molecular weight excluding hydrogens is 686 g/mol. The highest BCUT2D eigenvalue weighted by atomic mass is 16.6. The van der Waals surface area contributed by atoms with Crippen LogP contribution in [0.2, 0.25) is 0 Å². The SMILES string of the molecule is COC[C@]1(O)CCCC[C@H]1n1cnc(C(=O)N2CCN(C(=O)OCc3ccccc3)C[C@H]2CCOc2ccc(C(=O)N3CCC3)cc2)c1-c1ccccc1. The third kappa shape index (κ3) is 8.14. The third-order valence-corrected chi connectivity index (χ3v) is 10.9. The van der Waals surface area contributed by atoms with Crippen molar-refractivity contribution < 1.29 is 33.7 Å². The number of rotatable bonds is 12. The van der Waals surface area contributed by atoms with Crippen molar-refractivity contribution in [2.75, 3.05) is 53.0 Å². The Morgan fingerprint density at radius 2 is 1.59 bits per heavy atom. The third-order valence-electron chi connectivity index (χ3n) is 10.9. The Balaban J connectivity index is 1.12. The van der Waals surface area contributed by atoms with Gasteiger partial charge in [0.2, 0.25) is 0 Å². The van der Waals surface area contributed by atoms with E-state index in [0.29, 0.717) is 42.1 Å². The average Bonchev–Trinajstić information content (AvgIpc) is 3.62. The van der Waals surface area contributed by atoms with Crippen molar-refractivity contribution in [2.45, 2.75) is 62.8 Å². The maximum atomic E-state index is 14.7. The fourth-order valence-electron chi connectivity index (χ4n) is 7.85. The molecule has 1 N–H and O–H groups in total. The Morgan fingerprint density at radius 3 is 2.30 bits per heavy atom. The van der Waals surface area contributed by atoms with Gasteiger partial charge >= 0.3 is 6.09 Å². The van der Waals surface area contributed by atoms with E-state index in [9.17, 15) is 19.5 Å². The van der Waals surface area contributed by atoms with E-state index >= 15 is 0 Å². The minimum absolute atomic E-state index is 0.0209. The topological polar surface area (TPSA) is 127 Å². The molecule has 3 aromatic carbocycles. The van der Waals surface area contributed by atoms with Crippen LogP contribution in [0.5, 0.6) is 5.75 Å². The summed E-state index contributed by atoms with van der Waals surface area (Å²) in [7, 11) is 1.59. The molecule has 54 heavy (non-hydrogen) atoms. The number of nitrogens with zero attached hydrogens (tertiary/aromatic N) is 5. The monoisotopic (exact) mass is 735 g/mol. The molecular formula is C42H49N5O7. The predicted molar refractivity (Wildman–Crippen MR) is 202 cm³/mol. The van der Waals surface area contributed by atoms with Gasteiger partial charge in [0.1, 0.15) is 18.0 Å². The van der Waals surface area contributed by atoms with E-state index in [2.05, 4.69) is 0 Å². The summed E-state index contributed by atoms with van der Waals surface area (Å²) in [5, 5.41) is 11.8. The van der Waals surface area contributed by atoms with Crippen LogP contribution >= 0.6 is 0 Å². The fourth-order valence-corrected chi connectivity index (χ4v) is 7.85. The van der Waals surface area contributed by atoms with E-state index in [4.69, 9.17) is 19.2 Å². The van der Waals surface area contributed by atoms with Crippen LogP contribution in [0.3, 0.4) is 0 Å². The van der Waals surface area contributed by atoms with E-state index in [0.717, 1.165) is 49.9 Å². The van der Waals surface area contributed by atoms with E-state index in [1.165, 1.54) is 0 Å². The van der Waals surface area contributed by atoms with Crippen LogP contribution in [0.4, 0.5) is 4.79 Å². The number of likely N-dealkylation sites (tertiary alicyclic amines) is 1. The maximum Gasteiger partial charge on any atom is 0.410 e. The van der Waals surface area contributed by atoms with E-state index in [1.54, 1.807) is 47.5 Å². The molecule has 3 amide bonds. The molecule has 1 saturated carbocycles. The highest BCUT2D eigenvalue weighted by molar-refractivity contribution is 5.99. The number of aromatic nitrogens is 2. The highest BCUT2D eigenvalue weighted by Crippen LogP contribution is 2.41. The molecule has 3 aliphatic rings.